The Morgan fingerprint density at radius 2 is 1.81 bits per heavy atom. The van der Waals surface area contributed by atoms with Gasteiger partial charge in [0, 0.05) is 24.2 Å². The number of Topliss-reactive ketones (excluding diaryl/α,β-unsaturated/α-hetero) is 1. The number of esters is 1. The van der Waals surface area contributed by atoms with Crippen LogP contribution in [0, 0.1) is 13.8 Å². The summed E-state index contributed by atoms with van der Waals surface area (Å²) in [6.07, 6.45) is 0.693. The quantitative estimate of drug-likeness (QED) is 0.238. The Hall–Kier alpha value is -3.39. The average Bonchev–Trinajstić information content (AvgIpc) is 3.26. The van der Waals surface area contributed by atoms with Gasteiger partial charge in [0.2, 0.25) is 5.78 Å². The first kappa shape index (κ1) is 27.2. The topological polar surface area (TPSA) is 107 Å². The second-order valence-corrected chi connectivity index (χ2v) is 9.95. The molecular formula is C28H37N3O5. The van der Waals surface area contributed by atoms with Crippen LogP contribution in [-0.4, -0.2) is 61.3 Å². The number of aryl methyl sites for hydroxylation is 1. The third kappa shape index (κ3) is 5.23. The molecule has 1 fully saturated rings. The van der Waals surface area contributed by atoms with Crippen molar-refractivity contribution in [3.05, 3.63) is 63.5 Å². The first-order valence-electron chi connectivity index (χ1n) is 12.5. The number of hydrogen-bond donors (Lipinski definition) is 2. The molecule has 2 aromatic rings. The lowest BCUT2D eigenvalue weighted by Crippen LogP contribution is -3.05. The minimum absolute atomic E-state index is 0.0740. The van der Waals surface area contributed by atoms with Gasteiger partial charge in [-0.25, -0.2) is 4.79 Å². The third-order valence-corrected chi connectivity index (χ3v) is 6.67. The van der Waals surface area contributed by atoms with E-state index in [1.807, 2.05) is 38.4 Å². The second-order valence-electron chi connectivity index (χ2n) is 9.95. The third-order valence-electron chi connectivity index (χ3n) is 6.67. The zero-order valence-electron chi connectivity index (χ0n) is 22.3. The van der Waals surface area contributed by atoms with Gasteiger partial charge in [-0.3, -0.25) is 9.59 Å². The first-order chi connectivity index (χ1) is 17.0. The van der Waals surface area contributed by atoms with Crippen LogP contribution in [0.2, 0.25) is 0 Å². The normalized spacial score (nSPS) is 17.5. The van der Waals surface area contributed by atoms with E-state index >= 15 is 0 Å². The van der Waals surface area contributed by atoms with Crippen molar-refractivity contribution in [1.82, 2.24) is 9.88 Å². The highest BCUT2D eigenvalue weighted by atomic mass is 16.5. The lowest BCUT2D eigenvalue weighted by Gasteiger charge is -2.28. The van der Waals surface area contributed by atoms with Gasteiger partial charge in [0.25, 0.3) is 5.91 Å². The van der Waals surface area contributed by atoms with Crippen molar-refractivity contribution in [2.45, 2.75) is 53.0 Å². The molecule has 0 spiro atoms. The number of quaternary nitrogens is 1. The predicted octanol–water partition coefficient (Wildman–Crippen LogP) is 1.69. The largest absolute Gasteiger partial charge is 0.872 e. The standard InChI is InChI=1S/C28H37N3O5/c1-8-36-28(35)23-17(4)21(18(5)29-23)25(32)22-24(20-12-10-19(11-13-20)16(2)3)31(27(34)26(22)33)15-9-14-30(6)7/h10-13,16,24,29,32H,8-9,14-15H2,1-7H3/b25-22+. The van der Waals surface area contributed by atoms with Gasteiger partial charge < -0.3 is 24.6 Å². The SMILES string of the molecule is CCOC(=O)c1[nH]c(C)c(/C([O-])=C2\C(=O)C(=O)N(CCC[NH+](C)C)C2c2ccc(C(C)C)cc2)c1C. The van der Waals surface area contributed by atoms with E-state index in [2.05, 4.69) is 18.8 Å². The fourth-order valence-electron chi connectivity index (χ4n) is 4.75. The van der Waals surface area contributed by atoms with Gasteiger partial charge in [0.1, 0.15) is 5.69 Å². The maximum Gasteiger partial charge on any atom is 0.355 e. The van der Waals surface area contributed by atoms with Gasteiger partial charge in [-0.15, -0.1) is 0 Å². The molecule has 8 nitrogen and oxygen atoms in total. The number of amides is 1. The van der Waals surface area contributed by atoms with Gasteiger partial charge in [0.15, 0.2) is 0 Å². The zero-order chi connectivity index (χ0) is 26.7. The van der Waals surface area contributed by atoms with E-state index in [-0.39, 0.29) is 23.4 Å². The number of carbonyl (C=O) groups excluding carboxylic acids is 3. The number of nitrogens with one attached hydrogen (secondary N) is 2. The lowest BCUT2D eigenvalue weighted by molar-refractivity contribution is -0.858. The van der Waals surface area contributed by atoms with Gasteiger partial charge >= 0.3 is 5.97 Å². The molecule has 1 atom stereocenters. The smallest absolute Gasteiger partial charge is 0.355 e. The molecule has 194 valence electrons. The molecule has 0 saturated carbocycles. The van der Waals surface area contributed by atoms with Crippen LogP contribution in [-0.2, 0) is 14.3 Å². The highest BCUT2D eigenvalue weighted by molar-refractivity contribution is 6.46. The van der Waals surface area contributed by atoms with Gasteiger partial charge in [-0.05, 0) is 48.9 Å². The Bertz CT molecular complexity index is 1170. The summed E-state index contributed by atoms with van der Waals surface area (Å²) >= 11 is 0. The molecule has 8 heteroatoms. The van der Waals surface area contributed by atoms with Crippen LogP contribution in [0.5, 0.6) is 0 Å². The minimum Gasteiger partial charge on any atom is -0.872 e. The van der Waals surface area contributed by atoms with Crippen LogP contribution in [0.4, 0.5) is 0 Å². The van der Waals surface area contributed by atoms with Crippen LogP contribution < -0.4 is 10.0 Å². The highest BCUT2D eigenvalue weighted by Gasteiger charge is 2.44. The Balaban J connectivity index is 2.16. The average molecular weight is 496 g/mol. The predicted molar refractivity (Wildman–Crippen MR) is 135 cm³/mol. The number of carbonyl (C=O) groups is 3. The number of H-pyrrole nitrogens is 1. The molecule has 0 bridgehead atoms. The maximum absolute atomic E-state index is 13.9. The van der Waals surface area contributed by atoms with Crippen LogP contribution in [0.25, 0.3) is 5.76 Å². The number of aromatic amines is 1. The molecular weight excluding hydrogens is 458 g/mol. The van der Waals surface area contributed by atoms with Crippen molar-refractivity contribution in [3.63, 3.8) is 0 Å². The van der Waals surface area contributed by atoms with Crippen LogP contribution in [0.15, 0.2) is 29.8 Å². The van der Waals surface area contributed by atoms with E-state index in [4.69, 9.17) is 4.74 Å². The summed E-state index contributed by atoms with van der Waals surface area (Å²) in [6, 6.07) is 6.96. The second kappa shape index (κ2) is 11.1. The number of ketones is 1. The minimum atomic E-state index is -0.784. The number of likely N-dealkylation sites (tertiary alicyclic amines) is 1. The van der Waals surface area contributed by atoms with Crippen LogP contribution >= 0.6 is 0 Å². The van der Waals surface area contributed by atoms with E-state index < -0.39 is 29.5 Å². The molecule has 1 aliphatic rings. The summed E-state index contributed by atoms with van der Waals surface area (Å²) < 4.78 is 5.10. The van der Waals surface area contributed by atoms with E-state index in [1.54, 1.807) is 20.8 Å². The van der Waals surface area contributed by atoms with Crippen LogP contribution in [0.1, 0.15) is 77.6 Å². The first-order valence-corrected chi connectivity index (χ1v) is 12.5. The number of benzene rings is 1. The molecule has 3 rings (SSSR count). The lowest BCUT2D eigenvalue weighted by atomic mass is 9.92. The number of nitrogens with zero attached hydrogens (tertiary/aromatic N) is 1. The van der Waals surface area contributed by atoms with Crippen molar-refractivity contribution in [2.75, 3.05) is 33.8 Å². The van der Waals surface area contributed by atoms with Crippen molar-refractivity contribution in [2.24, 2.45) is 0 Å². The Morgan fingerprint density at radius 3 is 2.36 bits per heavy atom. The molecule has 1 aliphatic heterocycles. The van der Waals surface area contributed by atoms with E-state index in [9.17, 15) is 19.5 Å². The van der Waals surface area contributed by atoms with Gasteiger partial charge in [0.05, 0.1) is 33.3 Å². The molecule has 2 heterocycles. The summed E-state index contributed by atoms with van der Waals surface area (Å²) in [6.45, 7) is 10.6. The number of ether oxygens (including phenoxy) is 1. The molecule has 1 saturated heterocycles. The molecule has 1 unspecified atom stereocenters. The summed E-state index contributed by atoms with van der Waals surface area (Å²) in [5.74, 6) is -2.23. The molecule has 36 heavy (non-hydrogen) atoms. The summed E-state index contributed by atoms with van der Waals surface area (Å²) in [5.41, 5.74) is 3.05. The fourth-order valence-corrected chi connectivity index (χ4v) is 4.75. The maximum atomic E-state index is 13.9. The van der Waals surface area contributed by atoms with Crippen molar-refractivity contribution >= 4 is 23.4 Å². The van der Waals surface area contributed by atoms with Gasteiger partial charge in [-0.1, -0.05) is 43.9 Å². The van der Waals surface area contributed by atoms with Crippen molar-refractivity contribution < 1.29 is 29.1 Å². The zero-order valence-corrected chi connectivity index (χ0v) is 22.3. The monoisotopic (exact) mass is 495 g/mol. The summed E-state index contributed by atoms with van der Waals surface area (Å²) in [5, 5.41) is 13.9. The Kier molecular flexibility index (Phi) is 8.40. The molecule has 1 amide bonds. The Labute approximate surface area is 212 Å². The van der Waals surface area contributed by atoms with Crippen molar-refractivity contribution in [3.8, 4) is 0 Å². The molecule has 2 N–H and O–H groups in total. The van der Waals surface area contributed by atoms with E-state index in [0.29, 0.717) is 30.1 Å². The summed E-state index contributed by atoms with van der Waals surface area (Å²) in [7, 11) is 4.05. The fraction of sp³-hybridized carbons (Fsp3) is 0.464. The van der Waals surface area contributed by atoms with E-state index in [1.165, 1.54) is 9.80 Å². The van der Waals surface area contributed by atoms with Crippen LogP contribution in [0.3, 0.4) is 0 Å². The Morgan fingerprint density at radius 1 is 1.17 bits per heavy atom. The molecule has 0 aliphatic carbocycles. The molecule has 0 radical (unpaired) electrons. The molecule has 1 aromatic carbocycles. The number of hydrogen-bond acceptors (Lipinski definition) is 5. The van der Waals surface area contributed by atoms with Gasteiger partial charge in [-0.2, -0.15) is 0 Å². The summed E-state index contributed by atoms with van der Waals surface area (Å²) in [4.78, 5) is 44.5. The van der Waals surface area contributed by atoms with Crippen molar-refractivity contribution in [1.29, 1.82) is 0 Å². The highest BCUT2D eigenvalue weighted by Crippen LogP contribution is 2.40. The molecule has 1 aromatic heterocycles. The number of aromatic nitrogens is 1. The number of rotatable bonds is 9. The van der Waals surface area contributed by atoms with E-state index in [0.717, 1.165) is 17.7 Å².